The van der Waals surface area contributed by atoms with Gasteiger partial charge in [0.05, 0.1) is 0 Å². The van der Waals surface area contributed by atoms with Gasteiger partial charge in [0, 0.05) is 28.7 Å². The van der Waals surface area contributed by atoms with Crippen LogP contribution in [0.25, 0.3) is 10.9 Å². The Hall–Kier alpha value is -2.86. The molecule has 5 nitrogen and oxygen atoms in total. The van der Waals surface area contributed by atoms with Crippen LogP contribution in [0.15, 0.2) is 66.0 Å². The maximum atomic E-state index is 13.6. The number of nitrogens with one attached hydrogen (secondary N) is 1. The average molecular weight is 388 g/mol. The van der Waals surface area contributed by atoms with Crippen molar-refractivity contribution in [3.63, 3.8) is 0 Å². The number of fused-ring (bicyclic) bond motifs is 1. The van der Waals surface area contributed by atoms with Gasteiger partial charge >= 0.3 is 0 Å². The summed E-state index contributed by atoms with van der Waals surface area (Å²) in [4.78, 5) is 16.8. The van der Waals surface area contributed by atoms with Crippen LogP contribution in [0, 0.1) is 6.92 Å². The van der Waals surface area contributed by atoms with E-state index in [2.05, 4.69) is 19.7 Å². The number of ketones is 1. The number of aromatic nitrogens is 4. The normalized spacial score (nSPS) is 15.0. The molecule has 0 bridgehead atoms. The zero-order valence-electron chi connectivity index (χ0n) is 15.5. The molecule has 0 unspecified atom stereocenters. The van der Waals surface area contributed by atoms with Crippen molar-refractivity contribution in [1.82, 2.24) is 19.7 Å². The van der Waals surface area contributed by atoms with Gasteiger partial charge in [-0.15, -0.1) is 10.2 Å². The number of H-pyrrole nitrogens is 1. The van der Waals surface area contributed by atoms with Crippen molar-refractivity contribution >= 4 is 28.4 Å². The van der Waals surface area contributed by atoms with E-state index in [-0.39, 0.29) is 11.0 Å². The van der Waals surface area contributed by atoms with E-state index in [0.29, 0.717) is 11.6 Å². The number of Topliss-reactive ketones (excluding diaryl/α,β-unsaturated/α-hetero) is 1. The van der Waals surface area contributed by atoms with Gasteiger partial charge in [-0.25, -0.2) is 0 Å². The van der Waals surface area contributed by atoms with Crippen molar-refractivity contribution in [2.75, 3.05) is 0 Å². The monoisotopic (exact) mass is 388 g/mol. The van der Waals surface area contributed by atoms with Crippen LogP contribution in [-0.4, -0.2) is 25.5 Å². The molecular formula is C22H20N4OS. The van der Waals surface area contributed by atoms with Crippen LogP contribution >= 0.6 is 11.8 Å². The minimum absolute atomic E-state index is 0.0802. The van der Waals surface area contributed by atoms with Gasteiger partial charge in [0.25, 0.3) is 0 Å². The van der Waals surface area contributed by atoms with Gasteiger partial charge in [-0.05, 0) is 31.4 Å². The molecule has 2 heterocycles. The molecule has 1 saturated carbocycles. The van der Waals surface area contributed by atoms with E-state index in [1.54, 1.807) is 0 Å². The number of hydrogen-bond donors (Lipinski definition) is 1. The van der Waals surface area contributed by atoms with Crippen LogP contribution in [0.2, 0.25) is 0 Å². The first-order valence-electron chi connectivity index (χ1n) is 9.46. The van der Waals surface area contributed by atoms with Crippen molar-refractivity contribution in [3.8, 4) is 0 Å². The summed E-state index contributed by atoms with van der Waals surface area (Å²) >= 11 is 1.50. The number of hydrogen-bond acceptors (Lipinski definition) is 4. The molecule has 0 saturated heterocycles. The molecule has 1 aliphatic carbocycles. The van der Waals surface area contributed by atoms with Crippen molar-refractivity contribution < 1.29 is 4.79 Å². The molecule has 28 heavy (non-hydrogen) atoms. The number of aryl methyl sites for hydroxylation is 1. The first kappa shape index (κ1) is 17.3. The molecule has 0 spiro atoms. The highest BCUT2D eigenvalue weighted by molar-refractivity contribution is 8.00. The van der Waals surface area contributed by atoms with Gasteiger partial charge in [0.2, 0.25) is 0 Å². The third-order valence-electron chi connectivity index (χ3n) is 5.17. The second-order valence-electron chi connectivity index (χ2n) is 7.15. The highest BCUT2D eigenvalue weighted by Crippen LogP contribution is 2.43. The number of aromatic amines is 1. The Morgan fingerprint density at radius 3 is 2.64 bits per heavy atom. The quantitative estimate of drug-likeness (QED) is 0.368. The molecule has 0 aliphatic heterocycles. The Balaban J connectivity index is 1.56. The molecule has 2 aromatic heterocycles. The summed E-state index contributed by atoms with van der Waals surface area (Å²) in [6, 6.07) is 18.3. The molecule has 5 rings (SSSR count). The zero-order chi connectivity index (χ0) is 19.1. The number of rotatable bonds is 6. The molecule has 0 amide bonds. The van der Waals surface area contributed by atoms with Crippen LogP contribution in [-0.2, 0) is 0 Å². The first-order valence-corrected chi connectivity index (χ1v) is 10.3. The largest absolute Gasteiger partial charge is 0.360 e. The number of nitrogens with zero attached hydrogens (tertiary/aromatic N) is 3. The zero-order valence-corrected chi connectivity index (χ0v) is 16.3. The van der Waals surface area contributed by atoms with E-state index in [4.69, 9.17) is 0 Å². The van der Waals surface area contributed by atoms with Crippen molar-refractivity contribution in [1.29, 1.82) is 0 Å². The van der Waals surface area contributed by atoms with Gasteiger partial charge in [-0.2, -0.15) is 0 Å². The maximum absolute atomic E-state index is 13.6. The van der Waals surface area contributed by atoms with Crippen molar-refractivity contribution in [3.05, 3.63) is 77.7 Å². The van der Waals surface area contributed by atoms with Crippen LogP contribution in [0.3, 0.4) is 0 Å². The molecule has 6 heteroatoms. The summed E-state index contributed by atoms with van der Waals surface area (Å²) in [6.07, 6.45) is 4.12. The van der Waals surface area contributed by atoms with Gasteiger partial charge in [0.1, 0.15) is 11.1 Å². The third kappa shape index (κ3) is 3.03. The lowest BCUT2D eigenvalue weighted by Gasteiger charge is -2.16. The lowest BCUT2D eigenvalue weighted by molar-refractivity contribution is 0.0991. The molecule has 1 fully saturated rings. The Morgan fingerprint density at radius 1 is 1.11 bits per heavy atom. The molecule has 1 atom stereocenters. The number of carbonyl (C=O) groups excluding carboxylic acids is 1. The Morgan fingerprint density at radius 2 is 1.86 bits per heavy atom. The number of para-hydroxylation sites is 1. The van der Waals surface area contributed by atoms with Crippen LogP contribution in [0.4, 0.5) is 0 Å². The fourth-order valence-corrected chi connectivity index (χ4v) is 4.83. The van der Waals surface area contributed by atoms with E-state index in [1.807, 2.05) is 67.7 Å². The number of carbonyl (C=O) groups is 1. The molecule has 0 radical (unpaired) electrons. The summed E-state index contributed by atoms with van der Waals surface area (Å²) in [6.45, 7) is 1.98. The van der Waals surface area contributed by atoms with Gasteiger partial charge in [-0.1, -0.05) is 60.3 Å². The molecule has 1 aliphatic rings. The lowest BCUT2D eigenvalue weighted by Crippen LogP contribution is -2.11. The Kier molecular flexibility index (Phi) is 4.28. The Labute approximate surface area is 167 Å². The molecular weight excluding hydrogens is 368 g/mol. The maximum Gasteiger partial charge on any atom is 0.192 e. The van der Waals surface area contributed by atoms with E-state index in [0.717, 1.165) is 40.3 Å². The summed E-state index contributed by atoms with van der Waals surface area (Å²) in [5.41, 5.74) is 2.66. The fraction of sp³-hybridized carbons (Fsp3) is 0.227. The van der Waals surface area contributed by atoms with Crippen molar-refractivity contribution in [2.45, 2.75) is 36.2 Å². The van der Waals surface area contributed by atoms with Crippen LogP contribution < -0.4 is 0 Å². The molecule has 2 aromatic carbocycles. The van der Waals surface area contributed by atoms with Gasteiger partial charge in [0.15, 0.2) is 10.9 Å². The topological polar surface area (TPSA) is 63.6 Å². The third-order valence-corrected chi connectivity index (χ3v) is 6.38. The molecule has 140 valence electrons. The predicted octanol–water partition coefficient (Wildman–Crippen LogP) is 5.12. The van der Waals surface area contributed by atoms with E-state index >= 15 is 0 Å². The van der Waals surface area contributed by atoms with E-state index in [9.17, 15) is 4.79 Å². The summed E-state index contributed by atoms with van der Waals surface area (Å²) in [5.74, 6) is 0.994. The van der Waals surface area contributed by atoms with Gasteiger partial charge in [-0.3, -0.25) is 4.79 Å². The van der Waals surface area contributed by atoms with Crippen LogP contribution in [0.5, 0.6) is 0 Å². The SMILES string of the molecule is Cc1nnc(S[C@@H](C(=O)c2c[nH]c3ccccc23)c2ccccc2)n1C1CC1. The predicted molar refractivity (Wildman–Crippen MR) is 111 cm³/mol. The fourth-order valence-electron chi connectivity index (χ4n) is 3.61. The second-order valence-corrected chi connectivity index (χ2v) is 8.22. The Bertz CT molecular complexity index is 1140. The highest BCUT2D eigenvalue weighted by atomic mass is 32.2. The minimum Gasteiger partial charge on any atom is -0.360 e. The summed E-state index contributed by atoms with van der Waals surface area (Å²) in [7, 11) is 0. The van der Waals surface area contributed by atoms with Crippen LogP contribution in [0.1, 0.15) is 45.9 Å². The smallest absolute Gasteiger partial charge is 0.192 e. The summed E-state index contributed by atoms with van der Waals surface area (Å²) in [5, 5.41) is 10.1. The number of thioether (sulfide) groups is 1. The number of benzene rings is 2. The van der Waals surface area contributed by atoms with Crippen molar-refractivity contribution in [2.24, 2.45) is 0 Å². The minimum atomic E-state index is -0.374. The molecule has 4 aromatic rings. The average Bonchev–Trinajstić information content (AvgIpc) is 3.36. The highest BCUT2D eigenvalue weighted by Gasteiger charge is 2.32. The first-order chi connectivity index (χ1) is 13.7. The molecule has 1 N–H and O–H groups in total. The summed E-state index contributed by atoms with van der Waals surface area (Å²) < 4.78 is 2.18. The van der Waals surface area contributed by atoms with E-state index in [1.165, 1.54) is 11.8 Å². The lowest BCUT2D eigenvalue weighted by atomic mass is 10.0. The standard InChI is InChI=1S/C22H20N4OS/c1-14-24-25-22(26(14)16-11-12-16)28-21(15-7-3-2-4-8-15)20(27)18-13-23-19-10-6-5-9-17(18)19/h2-10,13,16,21,23H,11-12H2,1H3/t21-/m1/s1. The van der Waals surface area contributed by atoms with E-state index < -0.39 is 0 Å². The van der Waals surface area contributed by atoms with Gasteiger partial charge < -0.3 is 9.55 Å². The second kappa shape index (κ2) is 6.95.